The quantitative estimate of drug-likeness (QED) is 0.162. The first-order valence-electron chi connectivity index (χ1n) is 22.2. The molecule has 0 unspecified atom stereocenters. The van der Waals surface area contributed by atoms with E-state index in [1.54, 1.807) is 0 Å². The normalized spacial score (nSPS) is 13.2. The van der Waals surface area contributed by atoms with E-state index in [2.05, 4.69) is 196 Å². The fourth-order valence-electron chi connectivity index (χ4n) is 10.9. The van der Waals surface area contributed by atoms with Gasteiger partial charge in [0.05, 0.1) is 0 Å². The highest BCUT2D eigenvalue weighted by atomic mass is 15.0. The molecule has 2 aliphatic carbocycles. The van der Waals surface area contributed by atoms with Gasteiger partial charge < -0.3 is 0 Å². The molecule has 3 heteroatoms. The monoisotopic (exact) mass is 815 g/mol. The van der Waals surface area contributed by atoms with Gasteiger partial charge in [0.15, 0.2) is 17.5 Å². The van der Waals surface area contributed by atoms with Crippen molar-refractivity contribution in [2.75, 3.05) is 0 Å². The van der Waals surface area contributed by atoms with E-state index in [0.29, 0.717) is 17.5 Å². The van der Waals surface area contributed by atoms with Gasteiger partial charge in [0.2, 0.25) is 0 Å². The van der Waals surface area contributed by atoms with E-state index in [-0.39, 0.29) is 5.41 Å². The number of nitrogens with zero attached hydrogens (tertiary/aromatic N) is 3. The lowest BCUT2D eigenvalue weighted by Gasteiger charge is -2.22. The van der Waals surface area contributed by atoms with E-state index < -0.39 is 0 Å². The Morgan fingerprint density at radius 1 is 0.297 bits per heavy atom. The molecule has 0 aliphatic heterocycles. The second-order valence-corrected chi connectivity index (χ2v) is 17.9. The molecule has 1 aromatic heterocycles. The summed E-state index contributed by atoms with van der Waals surface area (Å²) in [5, 5.41) is 7.36. The highest BCUT2D eigenvalue weighted by molar-refractivity contribution is 6.25. The smallest absolute Gasteiger partial charge is 0.164 e. The fourth-order valence-corrected chi connectivity index (χ4v) is 10.9. The largest absolute Gasteiger partial charge is 0.208 e. The van der Waals surface area contributed by atoms with Crippen LogP contribution in [-0.4, -0.2) is 15.0 Å². The maximum absolute atomic E-state index is 5.26. The third kappa shape index (κ3) is 5.57. The summed E-state index contributed by atoms with van der Waals surface area (Å²) in [4.78, 5) is 15.6. The molecule has 11 aromatic rings. The summed E-state index contributed by atoms with van der Waals surface area (Å²) >= 11 is 0. The third-order valence-electron chi connectivity index (χ3n) is 14.0. The van der Waals surface area contributed by atoms with Crippen LogP contribution in [0.4, 0.5) is 0 Å². The molecule has 1 heterocycles. The van der Waals surface area contributed by atoms with E-state index in [4.69, 9.17) is 15.0 Å². The first kappa shape index (κ1) is 36.6. The van der Waals surface area contributed by atoms with Crippen molar-refractivity contribution in [3.8, 4) is 78.7 Å². The van der Waals surface area contributed by atoms with E-state index in [9.17, 15) is 0 Å². The molecule has 10 aromatic carbocycles. The molecule has 64 heavy (non-hydrogen) atoms. The molecule has 2 aliphatic rings. The summed E-state index contributed by atoms with van der Waals surface area (Å²) in [6.45, 7) is 4.72. The molecule has 0 saturated heterocycles. The van der Waals surface area contributed by atoms with Gasteiger partial charge in [-0.2, -0.15) is 0 Å². The second-order valence-electron chi connectivity index (χ2n) is 17.9. The van der Waals surface area contributed by atoms with Crippen LogP contribution in [0.15, 0.2) is 200 Å². The summed E-state index contributed by atoms with van der Waals surface area (Å²) in [5.41, 5.74) is 18.6. The van der Waals surface area contributed by atoms with Crippen molar-refractivity contribution < 1.29 is 0 Å². The number of aromatic nitrogens is 3. The first-order valence-corrected chi connectivity index (χ1v) is 22.2. The van der Waals surface area contributed by atoms with Gasteiger partial charge in [-0.05, 0) is 124 Å². The van der Waals surface area contributed by atoms with Gasteiger partial charge in [-0.1, -0.05) is 196 Å². The van der Waals surface area contributed by atoms with Gasteiger partial charge in [0.25, 0.3) is 0 Å². The molecule has 0 radical (unpaired) electrons. The van der Waals surface area contributed by atoms with Crippen LogP contribution in [0.5, 0.6) is 0 Å². The number of hydrogen-bond acceptors (Lipinski definition) is 3. The molecule has 0 N–H and O–H groups in total. The van der Waals surface area contributed by atoms with Crippen LogP contribution in [0, 0.1) is 0 Å². The molecule has 13 rings (SSSR count). The SMILES string of the molecule is CC1(C)c2ccccc2-c2ccc(-c3cccc4c3Cc3c(-c5cccc(-c6nc(-c7ccccc7)nc(-c7ccc8c9ccccc9c9ccccc9c8c7)n6)c5)cccc3-4)cc21. The average molecular weight is 816 g/mol. The minimum absolute atomic E-state index is 0.0537. The molecule has 0 amide bonds. The minimum Gasteiger partial charge on any atom is -0.208 e. The zero-order valence-electron chi connectivity index (χ0n) is 35.6. The second kappa shape index (κ2) is 14.0. The molecule has 0 spiro atoms. The molecule has 300 valence electrons. The van der Waals surface area contributed by atoms with E-state index in [0.717, 1.165) is 28.7 Å². The van der Waals surface area contributed by atoms with Crippen molar-refractivity contribution in [1.82, 2.24) is 15.0 Å². The van der Waals surface area contributed by atoms with Crippen molar-refractivity contribution in [2.24, 2.45) is 0 Å². The van der Waals surface area contributed by atoms with Crippen molar-refractivity contribution in [3.63, 3.8) is 0 Å². The molecule has 0 bridgehead atoms. The summed E-state index contributed by atoms with van der Waals surface area (Å²) < 4.78 is 0. The van der Waals surface area contributed by atoms with E-state index in [1.807, 2.05) is 18.2 Å². The maximum atomic E-state index is 5.26. The van der Waals surface area contributed by atoms with Crippen molar-refractivity contribution >= 4 is 32.3 Å². The van der Waals surface area contributed by atoms with Gasteiger partial charge in [0, 0.05) is 22.1 Å². The van der Waals surface area contributed by atoms with Crippen LogP contribution in [0.1, 0.15) is 36.1 Å². The third-order valence-corrected chi connectivity index (χ3v) is 14.0. The number of benzene rings is 10. The van der Waals surface area contributed by atoms with Gasteiger partial charge in [0.1, 0.15) is 0 Å². The molecule has 0 fully saturated rings. The summed E-state index contributed by atoms with van der Waals surface area (Å²) in [5.74, 6) is 1.95. The predicted molar refractivity (Wildman–Crippen MR) is 265 cm³/mol. The van der Waals surface area contributed by atoms with Gasteiger partial charge in [-0.15, -0.1) is 0 Å². The van der Waals surface area contributed by atoms with Crippen LogP contribution < -0.4 is 0 Å². The maximum Gasteiger partial charge on any atom is 0.164 e. The Kier molecular flexibility index (Phi) is 8.01. The summed E-state index contributed by atoms with van der Waals surface area (Å²) in [6, 6.07) is 72.6. The van der Waals surface area contributed by atoms with Crippen molar-refractivity contribution in [2.45, 2.75) is 25.7 Å². The molecular weight excluding hydrogens is 775 g/mol. The van der Waals surface area contributed by atoms with Crippen LogP contribution in [0.25, 0.3) is 111 Å². The van der Waals surface area contributed by atoms with Crippen LogP contribution >= 0.6 is 0 Å². The Morgan fingerprint density at radius 2 is 0.734 bits per heavy atom. The molecule has 0 saturated carbocycles. The summed E-state index contributed by atoms with van der Waals surface area (Å²) in [6.07, 6.45) is 0.863. The lowest BCUT2D eigenvalue weighted by molar-refractivity contribution is 0.660. The molecule has 3 nitrogen and oxygen atoms in total. The van der Waals surface area contributed by atoms with Gasteiger partial charge >= 0.3 is 0 Å². The zero-order chi connectivity index (χ0) is 42.5. The van der Waals surface area contributed by atoms with Gasteiger partial charge in [-0.3, -0.25) is 0 Å². The first-order chi connectivity index (χ1) is 31.5. The van der Waals surface area contributed by atoms with Crippen molar-refractivity contribution in [1.29, 1.82) is 0 Å². The fraction of sp³-hybridized carbons (Fsp3) is 0.0656. The lowest BCUT2D eigenvalue weighted by Crippen LogP contribution is -2.14. The Balaban J connectivity index is 0.906. The predicted octanol–water partition coefficient (Wildman–Crippen LogP) is 15.5. The Labute approximate surface area is 372 Å². The molecule has 0 atom stereocenters. The number of hydrogen-bond donors (Lipinski definition) is 0. The lowest BCUT2D eigenvalue weighted by atomic mass is 9.81. The topological polar surface area (TPSA) is 38.7 Å². The van der Waals surface area contributed by atoms with Crippen LogP contribution in [0.2, 0.25) is 0 Å². The Morgan fingerprint density at radius 3 is 1.41 bits per heavy atom. The highest BCUT2D eigenvalue weighted by Crippen LogP contribution is 2.51. The van der Waals surface area contributed by atoms with E-state index in [1.165, 1.54) is 93.5 Å². The highest BCUT2D eigenvalue weighted by Gasteiger charge is 2.35. The Bertz CT molecular complexity index is 3700. The minimum atomic E-state index is -0.0537. The van der Waals surface area contributed by atoms with Crippen LogP contribution in [-0.2, 0) is 11.8 Å². The van der Waals surface area contributed by atoms with E-state index >= 15 is 0 Å². The zero-order valence-corrected chi connectivity index (χ0v) is 35.6. The standard InChI is InChI=1S/C61H41N3/c1-61(2)56-28-11-10-23-51(56)52-32-29-39(35-57(52)61)43-25-14-27-49-48-26-13-24-42(54(48)36-55(43)49)38-17-12-18-40(33-38)59-62-58(37-15-4-3-5-16-37)63-60(64-59)41-30-31-50-46-21-7-6-19-44(46)45-20-8-9-22-47(45)53(50)34-41/h3-35H,36H2,1-2H3. The Hall–Kier alpha value is -8.01. The van der Waals surface area contributed by atoms with Crippen LogP contribution in [0.3, 0.4) is 0 Å². The molecular formula is C61H41N3. The van der Waals surface area contributed by atoms with Gasteiger partial charge in [-0.25, -0.2) is 15.0 Å². The number of rotatable bonds is 5. The average Bonchev–Trinajstić information content (AvgIpc) is 3.86. The summed E-state index contributed by atoms with van der Waals surface area (Å²) in [7, 11) is 0. The number of fused-ring (bicyclic) bond motifs is 12. The van der Waals surface area contributed by atoms with Crippen molar-refractivity contribution in [3.05, 3.63) is 222 Å².